The summed E-state index contributed by atoms with van der Waals surface area (Å²) in [4.78, 5) is 29.6. The second-order valence-electron chi connectivity index (χ2n) is 7.66. The standard InChI is InChI=1S/C21H23N7O3/c1-30-17-5-14-3-4-26(8-15(14)6-18(17)31-2)21(29)16-9-27(10-16)19-7-20(24-12-23-19)28-13-22-11-25-28/h5-7,11-13,16H,3-4,8-10H2,1-2H3. The van der Waals surface area contributed by atoms with Crippen molar-refractivity contribution in [3.63, 3.8) is 0 Å². The van der Waals surface area contributed by atoms with Gasteiger partial charge in [-0.3, -0.25) is 4.79 Å². The van der Waals surface area contributed by atoms with Gasteiger partial charge in [-0.1, -0.05) is 0 Å². The zero-order valence-corrected chi connectivity index (χ0v) is 17.4. The summed E-state index contributed by atoms with van der Waals surface area (Å²) in [5.74, 6) is 3.00. The third-order valence-electron chi connectivity index (χ3n) is 5.88. The van der Waals surface area contributed by atoms with E-state index in [-0.39, 0.29) is 11.8 Å². The van der Waals surface area contributed by atoms with Crippen LogP contribution in [0.15, 0.2) is 37.2 Å². The first kappa shape index (κ1) is 19.3. The first-order valence-corrected chi connectivity index (χ1v) is 10.1. The second-order valence-corrected chi connectivity index (χ2v) is 7.66. The fourth-order valence-electron chi connectivity index (χ4n) is 4.11. The predicted molar refractivity (Wildman–Crippen MR) is 111 cm³/mol. The van der Waals surface area contributed by atoms with Crippen LogP contribution in [0.5, 0.6) is 11.5 Å². The number of amides is 1. The van der Waals surface area contributed by atoms with Gasteiger partial charge in [0.2, 0.25) is 5.91 Å². The van der Waals surface area contributed by atoms with Gasteiger partial charge in [-0.25, -0.2) is 19.6 Å². The number of fused-ring (bicyclic) bond motifs is 1. The van der Waals surface area contributed by atoms with Crippen molar-refractivity contribution in [1.82, 2.24) is 29.6 Å². The number of carbonyl (C=O) groups excluding carboxylic acids is 1. The lowest BCUT2D eigenvalue weighted by molar-refractivity contribution is -0.137. The van der Waals surface area contributed by atoms with Crippen molar-refractivity contribution in [2.24, 2.45) is 5.92 Å². The molecule has 0 bridgehead atoms. The van der Waals surface area contributed by atoms with Gasteiger partial charge in [0.25, 0.3) is 0 Å². The number of anilines is 1. The maximum atomic E-state index is 13.1. The Hall–Kier alpha value is -3.69. The van der Waals surface area contributed by atoms with E-state index in [1.165, 1.54) is 18.2 Å². The molecular formula is C21H23N7O3. The molecular weight excluding hydrogens is 398 g/mol. The average molecular weight is 421 g/mol. The van der Waals surface area contributed by atoms with Crippen LogP contribution in [0.1, 0.15) is 11.1 Å². The highest BCUT2D eigenvalue weighted by Gasteiger charge is 2.37. The number of carbonyl (C=O) groups is 1. The van der Waals surface area contributed by atoms with Crippen LogP contribution in [0, 0.1) is 5.92 Å². The lowest BCUT2D eigenvalue weighted by atomic mass is 9.94. The maximum Gasteiger partial charge on any atom is 0.229 e. The van der Waals surface area contributed by atoms with Crippen molar-refractivity contribution in [2.45, 2.75) is 13.0 Å². The van der Waals surface area contributed by atoms with Gasteiger partial charge >= 0.3 is 0 Å². The Morgan fingerprint density at radius 3 is 2.45 bits per heavy atom. The Labute approximate surface area is 179 Å². The molecule has 2 aliphatic heterocycles. The van der Waals surface area contributed by atoms with Crippen LogP contribution in [0.25, 0.3) is 5.82 Å². The van der Waals surface area contributed by atoms with E-state index in [1.54, 1.807) is 25.2 Å². The van der Waals surface area contributed by atoms with Crippen LogP contribution in [0.4, 0.5) is 5.82 Å². The van der Waals surface area contributed by atoms with Crippen molar-refractivity contribution < 1.29 is 14.3 Å². The second kappa shape index (κ2) is 7.86. The first-order chi connectivity index (χ1) is 15.2. The summed E-state index contributed by atoms with van der Waals surface area (Å²) in [7, 11) is 3.26. The monoisotopic (exact) mass is 421 g/mol. The first-order valence-electron chi connectivity index (χ1n) is 10.1. The van der Waals surface area contributed by atoms with Crippen molar-refractivity contribution in [3.05, 3.63) is 48.3 Å². The molecule has 0 radical (unpaired) electrons. The number of aromatic nitrogens is 5. The molecule has 2 aromatic heterocycles. The summed E-state index contributed by atoms with van der Waals surface area (Å²) in [6, 6.07) is 5.85. The molecule has 10 heteroatoms. The summed E-state index contributed by atoms with van der Waals surface area (Å²) >= 11 is 0. The van der Waals surface area contributed by atoms with Gasteiger partial charge in [-0.15, -0.1) is 0 Å². The van der Waals surface area contributed by atoms with Crippen LogP contribution in [0.2, 0.25) is 0 Å². The molecule has 0 spiro atoms. The fraction of sp³-hybridized carbons (Fsp3) is 0.381. The Kier molecular flexibility index (Phi) is 4.89. The van der Waals surface area contributed by atoms with Gasteiger partial charge in [0, 0.05) is 32.2 Å². The van der Waals surface area contributed by atoms with E-state index in [4.69, 9.17) is 9.47 Å². The third-order valence-corrected chi connectivity index (χ3v) is 5.88. The number of ether oxygens (including phenoxy) is 2. The quantitative estimate of drug-likeness (QED) is 0.604. The molecule has 0 saturated carbocycles. The highest BCUT2D eigenvalue weighted by molar-refractivity contribution is 5.82. The van der Waals surface area contributed by atoms with E-state index in [0.29, 0.717) is 37.7 Å². The molecule has 31 heavy (non-hydrogen) atoms. The molecule has 1 aromatic carbocycles. The van der Waals surface area contributed by atoms with Gasteiger partial charge in [0.15, 0.2) is 17.3 Å². The SMILES string of the molecule is COc1cc2c(cc1OC)CN(C(=O)C1CN(c3cc(-n4cncn4)ncn3)C1)CC2. The van der Waals surface area contributed by atoms with Crippen LogP contribution in [0.3, 0.4) is 0 Å². The van der Waals surface area contributed by atoms with Crippen molar-refractivity contribution >= 4 is 11.7 Å². The van der Waals surface area contributed by atoms with E-state index in [0.717, 1.165) is 23.6 Å². The Bertz CT molecular complexity index is 1100. The lowest BCUT2D eigenvalue weighted by Gasteiger charge is -2.42. The third kappa shape index (κ3) is 3.54. The van der Waals surface area contributed by atoms with E-state index in [2.05, 4.69) is 25.0 Å². The van der Waals surface area contributed by atoms with E-state index in [1.807, 2.05) is 23.1 Å². The molecule has 3 aromatic rings. The van der Waals surface area contributed by atoms with Crippen LogP contribution >= 0.6 is 0 Å². The highest BCUT2D eigenvalue weighted by Crippen LogP contribution is 2.34. The van der Waals surface area contributed by atoms with E-state index >= 15 is 0 Å². The molecule has 5 rings (SSSR count). The normalized spacial score (nSPS) is 15.9. The predicted octanol–water partition coefficient (Wildman–Crippen LogP) is 1.10. The van der Waals surface area contributed by atoms with E-state index < -0.39 is 0 Å². The Morgan fingerprint density at radius 2 is 1.74 bits per heavy atom. The number of benzene rings is 1. The Morgan fingerprint density at radius 1 is 1.00 bits per heavy atom. The molecule has 2 aliphatic rings. The van der Waals surface area contributed by atoms with Gasteiger partial charge < -0.3 is 19.3 Å². The fourth-order valence-corrected chi connectivity index (χ4v) is 4.11. The minimum atomic E-state index is -0.0357. The number of hydrogen-bond donors (Lipinski definition) is 0. The summed E-state index contributed by atoms with van der Waals surface area (Å²) in [6.45, 7) is 2.58. The maximum absolute atomic E-state index is 13.1. The molecule has 4 heterocycles. The van der Waals surface area contributed by atoms with Crippen LogP contribution in [-0.2, 0) is 17.8 Å². The highest BCUT2D eigenvalue weighted by atomic mass is 16.5. The molecule has 0 atom stereocenters. The zero-order valence-electron chi connectivity index (χ0n) is 17.4. The van der Waals surface area contributed by atoms with Crippen molar-refractivity contribution in [3.8, 4) is 17.3 Å². The van der Waals surface area contributed by atoms with Gasteiger partial charge in [-0.05, 0) is 29.7 Å². The number of hydrogen-bond acceptors (Lipinski definition) is 8. The van der Waals surface area contributed by atoms with Gasteiger partial charge in [-0.2, -0.15) is 5.10 Å². The average Bonchev–Trinajstić information content (AvgIpc) is 3.32. The van der Waals surface area contributed by atoms with Gasteiger partial charge in [0.05, 0.1) is 20.1 Å². The minimum Gasteiger partial charge on any atom is -0.493 e. The smallest absolute Gasteiger partial charge is 0.229 e. The van der Waals surface area contributed by atoms with Gasteiger partial charge in [0.1, 0.15) is 24.8 Å². The summed E-state index contributed by atoms with van der Waals surface area (Å²) < 4.78 is 12.4. The number of methoxy groups -OCH3 is 2. The Balaban J connectivity index is 1.24. The van der Waals surface area contributed by atoms with Crippen molar-refractivity contribution in [1.29, 1.82) is 0 Å². The molecule has 10 nitrogen and oxygen atoms in total. The zero-order chi connectivity index (χ0) is 21.4. The van der Waals surface area contributed by atoms with Crippen LogP contribution < -0.4 is 14.4 Å². The lowest BCUT2D eigenvalue weighted by Crippen LogP contribution is -2.55. The van der Waals surface area contributed by atoms with E-state index in [9.17, 15) is 4.79 Å². The molecule has 1 fully saturated rings. The van der Waals surface area contributed by atoms with Crippen LogP contribution in [-0.4, -0.2) is 69.4 Å². The molecule has 0 unspecified atom stereocenters. The topological polar surface area (TPSA) is 98.5 Å². The summed E-state index contributed by atoms with van der Waals surface area (Å²) in [5, 5.41) is 4.10. The van der Waals surface area contributed by atoms with Crippen molar-refractivity contribution in [2.75, 3.05) is 38.8 Å². The largest absolute Gasteiger partial charge is 0.493 e. The minimum absolute atomic E-state index is 0.0357. The molecule has 1 amide bonds. The molecule has 0 N–H and O–H groups in total. The summed E-state index contributed by atoms with van der Waals surface area (Å²) in [6.07, 6.45) is 5.37. The molecule has 1 saturated heterocycles. The summed E-state index contributed by atoms with van der Waals surface area (Å²) in [5.41, 5.74) is 2.32. The molecule has 0 aliphatic carbocycles. The number of rotatable bonds is 5. The molecule has 160 valence electrons. The number of nitrogens with zero attached hydrogens (tertiary/aromatic N) is 7.